The van der Waals surface area contributed by atoms with E-state index in [9.17, 15) is 18.0 Å². The Labute approximate surface area is 203 Å². The summed E-state index contributed by atoms with van der Waals surface area (Å²) in [4.78, 5) is 16.5. The third-order valence-corrected chi connectivity index (χ3v) is 6.26. The lowest BCUT2D eigenvalue weighted by molar-refractivity contribution is -0.274. The number of fused-ring (bicyclic) bond motifs is 1. The molecule has 0 aliphatic rings. The van der Waals surface area contributed by atoms with Crippen molar-refractivity contribution in [3.05, 3.63) is 48.0 Å². The van der Waals surface area contributed by atoms with Crippen molar-refractivity contribution in [1.82, 2.24) is 9.55 Å². The predicted octanol–water partition coefficient (Wildman–Crippen LogP) is 7.17. The first-order valence-corrected chi connectivity index (χ1v) is 11.6. The van der Waals surface area contributed by atoms with Gasteiger partial charge in [-0.15, -0.1) is 13.2 Å². The van der Waals surface area contributed by atoms with E-state index in [1.165, 1.54) is 31.4 Å². The molecule has 35 heavy (non-hydrogen) atoms. The number of imidazole rings is 1. The van der Waals surface area contributed by atoms with Crippen LogP contribution in [0.2, 0.25) is 0 Å². The van der Waals surface area contributed by atoms with Crippen LogP contribution in [0.15, 0.2) is 42.5 Å². The van der Waals surface area contributed by atoms with Crippen molar-refractivity contribution in [2.45, 2.75) is 65.8 Å². The number of aromatic nitrogens is 2. The number of alkyl halides is 3. The largest absolute Gasteiger partial charge is 0.573 e. The molecule has 3 rings (SSSR count). The van der Waals surface area contributed by atoms with Crippen molar-refractivity contribution in [1.29, 1.82) is 0 Å². The third-order valence-electron chi connectivity index (χ3n) is 6.26. The molecule has 0 saturated heterocycles. The maximum absolute atomic E-state index is 12.5. The van der Waals surface area contributed by atoms with Crippen LogP contribution in [-0.2, 0) is 16.0 Å². The van der Waals surface area contributed by atoms with E-state index in [4.69, 9.17) is 9.72 Å². The maximum atomic E-state index is 12.5. The Bertz CT molecular complexity index is 1150. The van der Waals surface area contributed by atoms with Crippen molar-refractivity contribution in [2.75, 3.05) is 12.4 Å². The normalized spacial score (nSPS) is 13.0. The second-order valence-electron chi connectivity index (χ2n) is 9.36. The van der Waals surface area contributed by atoms with Gasteiger partial charge in [0.2, 0.25) is 5.95 Å². The van der Waals surface area contributed by atoms with Gasteiger partial charge < -0.3 is 19.4 Å². The van der Waals surface area contributed by atoms with Gasteiger partial charge in [-0.3, -0.25) is 4.79 Å². The Morgan fingerprint density at radius 2 is 1.80 bits per heavy atom. The summed E-state index contributed by atoms with van der Waals surface area (Å²) in [5.74, 6) is -0.0435. The molecule has 0 radical (unpaired) electrons. The zero-order chi connectivity index (χ0) is 25.8. The summed E-state index contributed by atoms with van der Waals surface area (Å²) in [6.07, 6.45) is -1.80. The number of nitrogens with one attached hydrogen (secondary N) is 1. The topological polar surface area (TPSA) is 65.4 Å². The van der Waals surface area contributed by atoms with Gasteiger partial charge in [-0.2, -0.15) is 0 Å². The highest BCUT2D eigenvalue weighted by atomic mass is 19.4. The quantitative estimate of drug-likeness (QED) is 0.305. The number of nitrogens with zero attached hydrogens (tertiary/aromatic N) is 2. The lowest BCUT2D eigenvalue weighted by atomic mass is 9.82. The van der Waals surface area contributed by atoms with Crippen molar-refractivity contribution < 1.29 is 27.4 Å². The molecule has 0 saturated carbocycles. The van der Waals surface area contributed by atoms with E-state index in [-0.39, 0.29) is 29.6 Å². The molecule has 0 aliphatic carbocycles. The highest BCUT2D eigenvalue weighted by Crippen LogP contribution is 2.38. The van der Waals surface area contributed by atoms with Gasteiger partial charge in [0.15, 0.2) is 0 Å². The van der Waals surface area contributed by atoms with Crippen LogP contribution in [0, 0.1) is 5.41 Å². The number of halogens is 3. The minimum absolute atomic E-state index is 0.107. The fraction of sp³-hybridized carbons (Fsp3) is 0.462. The van der Waals surface area contributed by atoms with E-state index in [0.717, 1.165) is 35.9 Å². The Morgan fingerprint density at radius 3 is 2.37 bits per heavy atom. The summed E-state index contributed by atoms with van der Waals surface area (Å²) in [5, 5.41) is 3.27. The monoisotopic (exact) mass is 491 g/mol. The molecule has 1 aromatic heterocycles. The molecule has 1 atom stereocenters. The molecule has 1 N–H and O–H groups in total. The summed E-state index contributed by atoms with van der Waals surface area (Å²) >= 11 is 0. The number of hydrogen-bond donors (Lipinski definition) is 1. The summed E-state index contributed by atoms with van der Waals surface area (Å²) in [6.45, 7) is 8.76. The van der Waals surface area contributed by atoms with Crippen molar-refractivity contribution >= 4 is 28.6 Å². The van der Waals surface area contributed by atoms with Crippen molar-refractivity contribution in [2.24, 2.45) is 5.41 Å². The third kappa shape index (κ3) is 6.90. The number of hydrogen-bond acceptors (Lipinski definition) is 5. The molecule has 0 aliphatic heterocycles. The van der Waals surface area contributed by atoms with Gasteiger partial charge in [0.1, 0.15) is 5.75 Å². The Morgan fingerprint density at radius 1 is 1.11 bits per heavy atom. The molecule has 2 aromatic carbocycles. The van der Waals surface area contributed by atoms with Gasteiger partial charge in [0, 0.05) is 11.7 Å². The zero-order valence-electron chi connectivity index (χ0n) is 20.7. The Hall–Kier alpha value is -3.23. The van der Waals surface area contributed by atoms with E-state index < -0.39 is 6.36 Å². The molecule has 0 fully saturated rings. The van der Waals surface area contributed by atoms with Gasteiger partial charge in [-0.25, -0.2) is 4.98 Å². The first kappa shape index (κ1) is 26.4. The standard InChI is InChI=1S/C26H32F3N3O3/c1-6-19(16-25(3,4)7-2)32-22-13-8-17(15-23(33)34-5)14-21(22)31-24(32)30-18-9-11-20(12-10-18)35-26(27,28)29/h8-14,19H,6-7,15-16H2,1-5H3,(H,30,31)/t19-/m1/s1. The molecule has 0 amide bonds. The fourth-order valence-electron chi connectivity index (χ4n) is 4.02. The average Bonchev–Trinajstić information content (AvgIpc) is 3.14. The first-order chi connectivity index (χ1) is 16.4. The lowest BCUT2D eigenvalue weighted by Gasteiger charge is -2.30. The van der Waals surface area contributed by atoms with Crippen LogP contribution in [0.1, 0.15) is 58.6 Å². The summed E-state index contributed by atoms with van der Waals surface area (Å²) in [7, 11) is 1.35. The Balaban J connectivity index is 2.02. The predicted molar refractivity (Wildman–Crippen MR) is 130 cm³/mol. The number of carbonyl (C=O) groups excluding carboxylic acids is 1. The molecule has 0 spiro atoms. The number of esters is 1. The molecule has 6 nitrogen and oxygen atoms in total. The number of anilines is 2. The number of methoxy groups -OCH3 is 1. The molecular formula is C26H32F3N3O3. The van der Waals surface area contributed by atoms with Gasteiger partial charge in [0.05, 0.1) is 24.6 Å². The van der Waals surface area contributed by atoms with Crippen LogP contribution in [0.25, 0.3) is 11.0 Å². The van der Waals surface area contributed by atoms with Crippen LogP contribution in [-0.4, -0.2) is 29.0 Å². The van der Waals surface area contributed by atoms with E-state index in [0.29, 0.717) is 11.6 Å². The summed E-state index contributed by atoms with van der Waals surface area (Å²) in [5.41, 5.74) is 3.11. The van der Waals surface area contributed by atoms with Crippen LogP contribution in [0.4, 0.5) is 24.8 Å². The average molecular weight is 492 g/mol. The number of ether oxygens (including phenoxy) is 2. The second-order valence-corrected chi connectivity index (χ2v) is 9.36. The highest BCUT2D eigenvalue weighted by Gasteiger charge is 2.31. The Kier molecular flexibility index (Phi) is 7.97. The van der Waals surface area contributed by atoms with Crippen LogP contribution >= 0.6 is 0 Å². The molecule has 190 valence electrons. The minimum atomic E-state index is -4.74. The van der Waals surface area contributed by atoms with E-state index in [1.54, 1.807) is 0 Å². The zero-order valence-corrected chi connectivity index (χ0v) is 20.7. The number of rotatable bonds is 10. The highest BCUT2D eigenvalue weighted by molar-refractivity contribution is 5.82. The van der Waals surface area contributed by atoms with E-state index >= 15 is 0 Å². The molecule has 3 aromatic rings. The van der Waals surface area contributed by atoms with Crippen molar-refractivity contribution in [3.8, 4) is 5.75 Å². The van der Waals surface area contributed by atoms with Gasteiger partial charge in [0.25, 0.3) is 0 Å². The second kappa shape index (κ2) is 10.6. The van der Waals surface area contributed by atoms with Crippen LogP contribution < -0.4 is 10.1 Å². The van der Waals surface area contributed by atoms with Crippen LogP contribution in [0.3, 0.4) is 0 Å². The minimum Gasteiger partial charge on any atom is -0.469 e. The molecule has 0 unspecified atom stereocenters. The number of benzene rings is 2. The van der Waals surface area contributed by atoms with Gasteiger partial charge >= 0.3 is 12.3 Å². The van der Waals surface area contributed by atoms with E-state index in [2.05, 4.69) is 42.3 Å². The van der Waals surface area contributed by atoms with Gasteiger partial charge in [-0.1, -0.05) is 40.2 Å². The van der Waals surface area contributed by atoms with Crippen LogP contribution in [0.5, 0.6) is 5.75 Å². The maximum Gasteiger partial charge on any atom is 0.573 e. The summed E-state index contributed by atoms with van der Waals surface area (Å²) < 4.78 is 48.4. The van der Waals surface area contributed by atoms with E-state index in [1.807, 2.05) is 18.2 Å². The molecular weight excluding hydrogens is 459 g/mol. The number of carbonyl (C=O) groups is 1. The lowest BCUT2D eigenvalue weighted by Crippen LogP contribution is -2.20. The molecule has 1 heterocycles. The first-order valence-electron chi connectivity index (χ1n) is 11.6. The molecule has 0 bridgehead atoms. The molecule has 9 heteroatoms. The SMILES string of the molecule is CC[C@H](CC(C)(C)CC)n1c(Nc2ccc(OC(F)(F)F)cc2)nc2cc(CC(=O)OC)ccc21. The summed E-state index contributed by atoms with van der Waals surface area (Å²) in [6, 6.07) is 11.4. The van der Waals surface area contributed by atoms with Crippen molar-refractivity contribution in [3.63, 3.8) is 0 Å². The van der Waals surface area contributed by atoms with Gasteiger partial charge in [-0.05, 0) is 60.2 Å². The smallest absolute Gasteiger partial charge is 0.469 e. The fourth-order valence-corrected chi connectivity index (χ4v) is 4.02.